The molecule has 2 aromatic rings. The van der Waals surface area contributed by atoms with E-state index in [0.29, 0.717) is 37.1 Å². The Morgan fingerprint density at radius 1 is 1.24 bits per heavy atom. The fraction of sp³-hybridized carbons (Fsp3) is 0.593. The van der Waals surface area contributed by atoms with Crippen molar-refractivity contribution in [1.82, 2.24) is 14.8 Å². The molecule has 3 aliphatic heterocycles. The first-order valence-corrected chi connectivity index (χ1v) is 13.9. The third-order valence-corrected chi connectivity index (χ3v) is 8.66. The van der Waals surface area contributed by atoms with E-state index in [0.717, 1.165) is 61.5 Å². The molecule has 7 nitrogen and oxygen atoms in total. The Labute approximate surface area is 223 Å². The molecule has 206 valence electrons. The van der Waals surface area contributed by atoms with E-state index in [-0.39, 0.29) is 28.9 Å². The molecule has 38 heavy (non-hydrogen) atoms. The minimum Gasteiger partial charge on any atom is -0.460 e. The molecule has 1 aromatic carbocycles. The second-order valence-electron chi connectivity index (χ2n) is 10.4. The predicted molar refractivity (Wildman–Crippen MR) is 136 cm³/mol. The third kappa shape index (κ3) is 6.38. The normalized spacial score (nSPS) is 22.2. The van der Waals surface area contributed by atoms with Gasteiger partial charge in [0.15, 0.2) is 12.4 Å². The molecule has 2 atom stereocenters. The summed E-state index contributed by atoms with van der Waals surface area (Å²) in [4.78, 5) is 34.6. The molecule has 0 bridgehead atoms. The highest BCUT2D eigenvalue weighted by Crippen LogP contribution is 2.31. The lowest BCUT2D eigenvalue weighted by atomic mass is 9.89. The number of Topliss-reactive ketones (excluding diaryl/α,β-unsaturated/α-hetero) is 1. The van der Waals surface area contributed by atoms with Gasteiger partial charge in [-0.15, -0.1) is 0 Å². The first kappa shape index (κ1) is 27.1. The average molecular weight is 552 g/mol. The van der Waals surface area contributed by atoms with E-state index >= 15 is 0 Å². The van der Waals surface area contributed by atoms with Crippen LogP contribution in [0.4, 0.5) is 13.2 Å². The maximum absolute atomic E-state index is 13.1. The summed E-state index contributed by atoms with van der Waals surface area (Å²) in [6.45, 7) is 2.25. The van der Waals surface area contributed by atoms with Crippen LogP contribution in [-0.4, -0.2) is 78.7 Å². The van der Waals surface area contributed by atoms with Crippen molar-refractivity contribution in [1.29, 1.82) is 0 Å². The smallest absolute Gasteiger partial charge is 0.422 e. The number of nitrogens with zero attached hydrogens (tertiary/aromatic N) is 3. The molecule has 4 heterocycles. The molecule has 1 amide bonds. The Balaban J connectivity index is 1.04. The van der Waals surface area contributed by atoms with Crippen LogP contribution in [0.5, 0.6) is 5.19 Å². The molecule has 0 spiro atoms. The Morgan fingerprint density at radius 3 is 2.82 bits per heavy atom. The van der Waals surface area contributed by atoms with Crippen molar-refractivity contribution in [2.45, 2.75) is 57.3 Å². The van der Waals surface area contributed by atoms with Crippen LogP contribution in [0.2, 0.25) is 0 Å². The summed E-state index contributed by atoms with van der Waals surface area (Å²) in [6.07, 6.45) is 0.425. The number of ether oxygens (including phenoxy) is 2. The van der Waals surface area contributed by atoms with Crippen LogP contribution in [-0.2, 0) is 24.1 Å². The lowest BCUT2D eigenvalue weighted by molar-refractivity contribution is -0.153. The molecule has 3 aliphatic rings. The molecule has 0 unspecified atom stereocenters. The fourth-order valence-corrected chi connectivity index (χ4v) is 6.44. The lowest BCUT2D eigenvalue weighted by Crippen LogP contribution is -2.33. The van der Waals surface area contributed by atoms with E-state index in [1.54, 1.807) is 24.1 Å². The first-order chi connectivity index (χ1) is 18.2. The van der Waals surface area contributed by atoms with Gasteiger partial charge in [-0.3, -0.25) is 9.59 Å². The van der Waals surface area contributed by atoms with E-state index in [9.17, 15) is 22.8 Å². The first-order valence-electron chi connectivity index (χ1n) is 13.1. The number of alkyl halides is 3. The monoisotopic (exact) mass is 551 g/mol. The van der Waals surface area contributed by atoms with Crippen molar-refractivity contribution >= 4 is 23.0 Å². The molecular weight excluding hydrogens is 519 g/mol. The lowest BCUT2D eigenvalue weighted by Gasteiger charge is -2.30. The summed E-state index contributed by atoms with van der Waals surface area (Å²) < 4.78 is 48.2. The van der Waals surface area contributed by atoms with Gasteiger partial charge in [-0.1, -0.05) is 23.5 Å². The molecule has 0 radical (unpaired) electrons. The number of benzene rings is 1. The average Bonchev–Trinajstić information content (AvgIpc) is 3.35. The summed E-state index contributed by atoms with van der Waals surface area (Å²) >= 11 is 1.22. The highest BCUT2D eigenvalue weighted by molar-refractivity contribution is 7.13. The van der Waals surface area contributed by atoms with Crippen LogP contribution >= 0.6 is 11.3 Å². The molecule has 0 N–H and O–H groups in total. The van der Waals surface area contributed by atoms with Gasteiger partial charge in [-0.2, -0.15) is 13.2 Å². The number of fused-ring (bicyclic) bond motifs is 2. The molecule has 5 rings (SSSR count). The van der Waals surface area contributed by atoms with Gasteiger partial charge in [0.1, 0.15) is 0 Å². The highest BCUT2D eigenvalue weighted by atomic mass is 32.1. The Hall–Kier alpha value is -2.50. The second-order valence-corrected chi connectivity index (χ2v) is 11.4. The number of halogens is 3. The summed E-state index contributed by atoms with van der Waals surface area (Å²) in [5, 5.41) is 0.0990. The number of amides is 1. The fourth-order valence-electron chi connectivity index (χ4n) is 5.50. The van der Waals surface area contributed by atoms with E-state index in [1.807, 2.05) is 6.07 Å². The summed E-state index contributed by atoms with van der Waals surface area (Å²) in [7, 11) is 1.75. The SMILES string of the molecule is CN1Cc2c(C(=O)C[C@H]3CC[C@H](CCN4CCc5nc(OCC(F)(F)F)sc5CC4)OC3)cccc2C1=O. The largest absolute Gasteiger partial charge is 0.460 e. The molecule has 0 saturated carbocycles. The van der Waals surface area contributed by atoms with E-state index in [4.69, 9.17) is 9.47 Å². The van der Waals surface area contributed by atoms with Gasteiger partial charge in [0.2, 0.25) is 0 Å². The molecule has 1 saturated heterocycles. The molecule has 0 aliphatic carbocycles. The minimum atomic E-state index is -4.36. The number of thiazole rings is 1. The quantitative estimate of drug-likeness (QED) is 0.449. The van der Waals surface area contributed by atoms with Crippen molar-refractivity contribution in [2.75, 3.05) is 39.9 Å². The summed E-state index contributed by atoms with van der Waals surface area (Å²) in [6, 6.07) is 5.40. The summed E-state index contributed by atoms with van der Waals surface area (Å²) in [5.74, 6) is 0.225. The van der Waals surface area contributed by atoms with Crippen LogP contribution in [0.1, 0.15) is 62.5 Å². The number of ketones is 1. The van der Waals surface area contributed by atoms with E-state index < -0.39 is 12.8 Å². The number of carbonyl (C=O) groups is 2. The summed E-state index contributed by atoms with van der Waals surface area (Å²) in [5.41, 5.74) is 2.97. The third-order valence-electron chi connectivity index (χ3n) is 7.59. The zero-order valence-corrected chi connectivity index (χ0v) is 22.2. The molecular formula is C27H32F3N3O4S. The van der Waals surface area contributed by atoms with Crippen molar-refractivity contribution in [3.8, 4) is 5.19 Å². The number of hydrogen-bond donors (Lipinski definition) is 0. The van der Waals surface area contributed by atoms with Crippen LogP contribution in [0.15, 0.2) is 18.2 Å². The Bertz CT molecular complexity index is 1150. The maximum atomic E-state index is 13.1. The zero-order chi connectivity index (χ0) is 26.9. The number of aromatic nitrogens is 1. The maximum Gasteiger partial charge on any atom is 0.422 e. The number of carbonyl (C=O) groups excluding carboxylic acids is 2. The van der Waals surface area contributed by atoms with Crippen LogP contribution in [0.25, 0.3) is 0 Å². The van der Waals surface area contributed by atoms with Crippen LogP contribution in [0.3, 0.4) is 0 Å². The Kier molecular flexibility index (Phi) is 8.06. The second kappa shape index (κ2) is 11.3. The van der Waals surface area contributed by atoms with Crippen LogP contribution in [0, 0.1) is 5.92 Å². The minimum absolute atomic E-state index is 0.0329. The van der Waals surface area contributed by atoms with Crippen molar-refractivity contribution in [3.63, 3.8) is 0 Å². The van der Waals surface area contributed by atoms with E-state index in [2.05, 4.69) is 9.88 Å². The number of rotatable bonds is 8. The van der Waals surface area contributed by atoms with Crippen molar-refractivity contribution in [2.24, 2.45) is 5.92 Å². The predicted octanol–water partition coefficient (Wildman–Crippen LogP) is 4.53. The van der Waals surface area contributed by atoms with Crippen LogP contribution < -0.4 is 4.74 Å². The van der Waals surface area contributed by atoms with Gasteiger partial charge >= 0.3 is 6.18 Å². The standard InChI is InChI=1S/C27H32F3N3O4S/c1-32-14-21-19(3-2-4-20(21)25(32)35)23(34)13-17-5-6-18(36-15-17)7-10-33-11-8-22-24(9-12-33)38-26(31-22)37-16-27(28,29)30/h2-4,17-18H,5-16H2,1H3/t17-,18-/m1/s1. The zero-order valence-electron chi connectivity index (χ0n) is 21.4. The molecule has 11 heteroatoms. The van der Waals surface area contributed by atoms with Gasteiger partial charge in [0, 0.05) is 62.1 Å². The van der Waals surface area contributed by atoms with Gasteiger partial charge in [0.05, 0.1) is 18.4 Å². The van der Waals surface area contributed by atoms with Crippen molar-refractivity contribution < 1.29 is 32.2 Å². The Morgan fingerprint density at radius 2 is 2.05 bits per heavy atom. The van der Waals surface area contributed by atoms with Gasteiger partial charge in [-0.05, 0) is 43.2 Å². The topological polar surface area (TPSA) is 72.0 Å². The number of hydrogen-bond acceptors (Lipinski definition) is 7. The van der Waals surface area contributed by atoms with E-state index in [1.165, 1.54) is 11.3 Å². The molecule has 1 fully saturated rings. The van der Waals surface area contributed by atoms with Crippen molar-refractivity contribution in [3.05, 3.63) is 45.5 Å². The molecule has 1 aromatic heterocycles. The van der Waals surface area contributed by atoms with Gasteiger partial charge < -0.3 is 19.3 Å². The van der Waals surface area contributed by atoms with Gasteiger partial charge in [-0.25, -0.2) is 4.98 Å². The highest BCUT2D eigenvalue weighted by Gasteiger charge is 2.31. The van der Waals surface area contributed by atoms with Gasteiger partial charge in [0.25, 0.3) is 11.1 Å².